The molecule has 0 saturated heterocycles. The van der Waals surface area contributed by atoms with Crippen LogP contribution in [-0.4, -0.2) is 20.2 Å². The Morgan fingerprint density at radius 1 is 1.47 bits per heavy atom. The van der Waals surface area contributed by atoms with Gasteiger partial charge in [-0.15, -0.1) is 0 Å². The third-order valence-electron chi connectivity index (χ3n) is 1.78. The number of benzene rings is 1. The van der Waals surface area contributed by atoms with Gasteiger partial charge in [-0.1, -0.05) is 0 Å². The molecule has 0 saturated carbocycles. The largest absolute Gasteiger partial charge is 0.493 e. The van der Waals surface area contributed by atoms with Gasteiger partial charge in [0.1, 0.15) is 5.56 Å². The van der Waals surface area contributed by atoms with Gasteiger partial charge in [-0.2, -0.15) is 5.26 Å². The lowest BCUT2D eigenvalue weighted by Gasteiger charge is -2.07. The van der Waals surface area contributed by atoms with Crippen LogP contribution in [0.5, 0.6) is 5.75 Å². The zero-order valence-electron chi connectivity index (χ0n) is 8.20. The van der Waals surface area contributed by atoms with E-state index in [0.29, 0.717) is 0 Å². The second-order valence-electron chi connectivity index (χ2n) is 2.64. The van der Waals surface area contributed by atoms with Crippen LogP contribution in [0.1, 0.15) is 15.9 Å². The van der Waals surface area contributed by atoms with E-state index in [1.54, 1.807) is 6.07 Å². The van der Waals surface area contributed by atoms with Crippen LogP contribution in [0, 0.1) is 17.1 Å². The molecular weight excluding hydrogens is 201 g/mol. The van der Waals surface area contributed by atoms with Gasteiger partial charge in [0.05, 0.1) is 25.9 Å². The van der Waals surface area contributed by atoms with Crippen molar-refractivity contribution in [2.24, 2.45) is 0 Å². The van der Waals surface area contributed by atoms with Crippen molar-refractivity contribution in [3.63, 3.8) is 0 Å². The summed E-state index contributed by atoms with van der Waals surface area (Å²) in [5, 5.41) is 8.59. The number of nitrogens with zero attached hydrogens (tertiary/aromatic N) is 1. The second kappa shape index (κ2) is 4.42. The van der Waals surface area contributed by atoms with E-state index in [2.05, 4.69) is 4.74 Å². The summed E-state index contributed by atoms with van der Waals surface area (Å²) in [5.74, 6) is -1.74. The Bertz CT molecular complexity index is 437. The molecule has 15 heavy (non-hydrogen) atoms. The van der Waals surface area contributed by atoms with Crippen molar-refractivity contribution in [2.45, 2.75) is 0 Å². The van der Waals surface area contributed by atoms with E-state index in [1.807, 2.05) is 0 Å². The lowest BCUT2D eigenvalue weighted by atomic mass is 10.1. The first-order valence-electron chi connectivity index (χ1n) is 4.00. The van der Waals surface area contributed by atoms with Crippen LogP contribution >= 0.6 is 0 Å². The van der Waals surface area contributed by atoms with Gasteiger partial charge < -0.3 is 9.47 Å². The molecule has 0 fully saturated rings. The summed E-state index contributed by atoms with van der Waals surface area (Å²) in [6.45, 7) is 0. The van der Waals surface area contributed by atoms with Crippen LogP contribution in [-0.2, 0) is 4.74 Å². The summed E-state index contributed by atoms with van der Waals surface area (Å²) in [6.07, 6.45) is 0. The number of halogens is 1. The van der Waals surface area contributed by atoms with Gasteiger partial charge >= 0.3 is 5.97 Å². The molecule has 5 heteroatoms. The summed E-state index contributed by atoms with van der Waals surface area (Å²) < 4.78 is 22.5. The summed E-state index contributed by atoms with van der Waals surface area (Å²) in [4.78, 5) is 11.2. The topological polar surface area (TPSA) is 59.3 Å². The van der Waals surface area contributed by atoms with Crippen LogP contribution in [0.15, 0.2) is 12.1 Å². The Balaban J connectivity index is 3.40. The van der Waals surface area contributed by atoms with Gasteiger partial charge in [0.2, 0.25) is 0 Å². The highest BCUT2D eigenvalue weighted by Gasteiger charge is 2.18. The maximum Gasteiger partial charge on any atom is 0.341 e. The molecule has 78 valence electrons. The monoisotopic (exact) mass is 209 g/mol. The fourth-order valence-electron chi connectivity index (χ4n) is 1.13. The maximum atomic E-state index is 13.3. The molecular formula is C10H8FNO3. The third-order valence-corrected chi connectivity index (χ3v) is 1.78. The number of carbonyl (C=O) groups excluding carboxylic acids is 1. The van der Waals surface area contributed by atoms with E-state index in [9.17, 15) is 9.18 Å². The highest BCUT2D eigenvalue weighted by molar-refractivity contribution is 5.93. The first-order chi connectivity index (χ1) is 7.13. The quantitative estimate of drug-likeness (QED) is 0.692. The minimum absolute atomic E-state index is 0.0358. The van der Waals surface area contributed by atoms with Crippen molar-refractivity contribution >= 4 is 5.97 Å². The normalized spacial score (nSPS) is 9.20. The highest BCUT2D eigenvalue weighted by Crippen LogP contribution is 2.24. The lowest BCUT2D eigenvalue weighted by molar-refractivity contribution is 0.0596. The zero-order valence-corrected chi connectivity index (χ0v) is 8.20. The smallest absolute Gasteiger partial charge is 0.341 e. The molecule has 0 aromatic heterocycles. The molecule has 0 bridgehead atoms. The molecule has 0 radical (unpaired) electrons. The van der Waals surface area contributed by atoms with E-state index in [-0.39, 0.29) is 16.9 Å². The minimum Gasteiger partial charge on any atom is -0.493 e. The summed E-state index contributed by atoms with van der Waals surface area (Å²) in [7, 11) is 2.40. The van der Waals surface area contributed by atoms with Crippen molar-refractivity contribution in [3.05, 3.63) is 29.1 Å². The molecule has 1 aromatic carbocycles. The number of esters is 1. The molecule has 0 N–H and O–H groups in total. The SMILES string of the molecule is COC(=O)c1cc(C#N)cc(F)c1OC. The Hall–Kier alpha value is -2.09. The summed E-state index contributed by atoms with van der Waals surface area (Å²) >= 11 is 0. The lowest BCUT2D eigenvalue weighted by Crippen LogP contribution is -2.06. The predicted octanol–water partition coefficient (Wildman–Crippen LogP) is 1.49. The van der Waals surface area contributed by atoms with E-state index in [4.69, 9.17) is 10.00 Å². The van der Waals surface area contributed by atoms with Crippen molar-refractivity contribution < 1.29 is 18.7 Å². The van der Waals surface area contributed by atoms with E-state index in [0.717, 1.165) is 6.07 Å². The molecule has 1 aromatic rings. The number of nitriles is 1. The summed E-state index contributed by atoms with van der Waals surface area (Å²) in [6, 6.07) is 3.94. The molecule has 1 rings (SSSR count). The van der Waals surface area contributed by atoms with E-state index < -0.39 is 11.8 Å². The highest BCUT2D eigenvalue weighted by atomic mass is 19.1. The number of rotatable bonds is 2. The third kappa shape index (κ3) is 2.05. The fraction of sp³-hybridized carbons (Fsp3) is 0.200. The predicted molar refractivity (Wildman–Crippen MR) is 49.0 cm³/mol. The Kier molecular flexibility index (Phi) is 3.24. The number of methoxy groups -OCH3 is 2. The first-order valence-corrected chi connectivity index (χ1v) is 4.00. The molecule has 0 aliphatic heterocycles. The average molecular weight is 209 g/mol. The van der Waals surface area contributed by atoms with Crippen LogP contribution < -0.4 is 4.74 Å². The second-order valence-corrected chi connectivity index (χ2v) is 2.64. The van der Waals surface area contributed by atoms with Gasteiger partial charge in [0, 0.05) is 0 Å². The van der Waals surface area contributed by atoms with Crippen LogP contribution in [0.2, 0.25) is 0 Å². The standard InChI is InChI=1S/C10H8FNO3/c1-14-9-7(10(13)15-2)3-6(5-12)4-8(9)11/h3-4H,1-2H3. The van der Waals surface area contributed by atoms with Crippen molar-refractivity contribution in [1.29, 1.82) is 5.26 Å². The molecule has 4 nitrogen and oxygen atoms in total. The molecule has 0 aliphatic carbocycles. The fourth-order valence-corrected chi connectivity index (χ4v) is 1.13. The van der Waals surface area contributed by atoms with E-state index in [1.165, 1.54) is 20.3 Å². The Labute approximate surface area is 85.8 Å². The molecule has 0 atom stereocenters. The molecule has 0 unspecified atom stereocenters. The maximum absolute atomic E-state index is 13.3. The molecule has 0 heterocycles. The van der Waals surface area contributed by atoms with Gasteiger partial charge in [0.25, 0.3) is 0 Å². The van der Waals surface area contributed by atoms with Crippen molar-refractivity contribution in [3.8, 4) is 11.8 Å². The van der Waals surface area contributed by atoms with E-state index >= 15 is 0 Å². The van der Waals surface area contributed by atoms with Gasteiger partial charge in [0.15, 0.2) is 11.6 Å². The molecule has 0 amide bonds. The van der Waals surface area contributed by atoms with Crippen molar-refractivity contribution in [1.82, 2.24) is 0 Å². The Morgan fingerprint density at radius 2 is 2.13 bits per heavy atom. The minimum atomic E-state index is -0.767. The number of hydrogen-bond donors (Lipinski definition) is 0. The average Bonchev–Trinajstić information content (AvgIpc) is 2.26. The number of carbonyl (C=O) groups is 1. The number of hydrogen-bond acceptors (Lipinski definition) is 4. The first kappa shape index (κ1) is 11.0. The van der Waals surface area contributed by atoms with Crippen LogP contribution in [0.25, 0.3) is 0 Å². The van der Waals surface area contributed by atoms with Gasteiger partial charge in [-0.05, 0) is 12.1 Å². The van der Waals surface area contributed by atoms with Gasteiger partial charge in [-0.25, -0.2) is 9.18 Å². The number of ether oxygens (including phenoxy) is 2. The Morgan fingerprint density at radius 3 is 2.60 bits per heavy atom. The molecule has 0 spiro atoms. The van der Waals surface area contributed by atoms with Crippen LogP contribution in [0.3, 0.4) is 0 Å². The van der Waals surface area contributed by atoms with Gasteiger partial charge in [-0.3, -0.25) is 0 Å². The molecule has 0 aliphatic rings. The van der Waals surface area contributed by atoms with Crippen molar-refractivity contribution in [2.75, 3.05) is 14.2 Å². The van der Waals surface area contributed by atoms with Crippen LogP contribution in [0.4, 0.5) is 4.39 Å². The summed E-state index contributed by atoms with van der Waals surface area (Å²) in [5.41, 5.74) is -0.0646. The zero-order chi connectivity index (χ0) is 11.4.